The SMILES string of the molecule is CCOS(=O)(=O)[O-].CC[n+]1c(C)sc2ccc(F)cc21. The van der Waals surface area contributed by atoms with Crippen LogP contribution in [-0.2, 0) is 21.1 Å². The summed E-state index contributed by atoms with van der Waals surface area (Å²) in [5.74, 6) is -0.160. The van der Waals surface area contributed by atoms with Crippen LogP contribution < -0.4 is 4.57 Å². The first kappa shape index (κ1) is 17.0. The maximum absolute atomic E-state index is 13.0. The van der Waals surface area contributed by atoms with E-state index in [-0.39, 0.29) is 12.4 Å². The Labute approximate surface area is 121 Å². The summed E-state index contributed by atoms with van der Waals surface area (Å²) in [7, 11) is -4.42. The average molecular weight is 321 g/mol. The van der Waals surface area contributed by atoms with Crippen molar-refractivity contribution in [2.45, 2.75) is 27.3 Å². The summed E-state index contributed by atoms with van der Waals surface area (Å²) >= 11 is 1.71. The second kappa shape index (κ2) is 7.07. The van der Waals surface area contributed by atoms with E-state index in [0.29, 0.717) is 0 Å². The second-order valence-electron chi connectivity index (χ2n) is 3.79. The molecule has 0 aliphatic heterocycles. The Balaban J connectivity index is 0.000000246. The monoisotopic (exact) mass is 321 g/mol. The normalized spacial score (nSPS) is 11.2. The molecule has 0 spiro atoms. The fraction of sp³-hybridized carbons (Fsp3) is 0.417. The number of nitrogens with zero attached hydrogens (tertiary/aromatic N) is 1. The Morgan fingerprint density at radius 3 is 2.50 bits per heavy atom. The number of aryl methyl sites for hydroxylation is 2. The van der Waals surface area contributed by atoms with Crippen molar-refractivity contribution >= 4 is 32.0 Å². The molecule has 0 aliphatic rings. The number of aromatic nitrogens is 1. The minimum absolute atomic E-state index is 0.0914. The van der Waals surface area contributed by atoms with E-state index in [1.54, 1.807) is 17.4 Å². The summed E-state index contributed by atoms with van der Waals surface area (Å²) < 4.78 is 48.2. The lowest BCUT2D eigenvalue weighted by Gasteiger charge is -2.02. The van der Waals surface area contributed by atoms with Gasteiger partial charge in [0.1, 0.15) is 17.1 Å². The van der Waals surface area contributed by atoms with Gasteiger partial charge in [-0.25, -0.2) is 12.8 Å². The molecule has 0 bridgehead atoms. The van der Waals surface area contributed by atoms with Gasteiger partial charge >= 0.3 is 0 Å². The van der Waals surface area contributed by atoms with Gasteiger partial charge in [-0.2, -0.15) is 4.57 Å². The molecule has 1 heterocycles. The maximum atomic E-state index is 13.0. The van der Waals surface area contributed by atoms with Crippen molar-refractivity contribution in [3.63, 3.8) is 0 Å². The first-order valence-electron chi connectivity index (χ1n) is 5.97. The molecule has 0 N–H and O–H groups in total. The van der Waals surface area contributed by atoms with Crippen molar-refractivity contribution in [2.24, 2.45) is 0 Å². The zero-order valence-electron chi connectivity index (χ0n) is 11.4. The summed E-state index contributed by atoms with van der Waals surface area (Å²) in [6.07, 6.45) is 0. The molecule has 1 aromatic carbocycles. The van der Waals surface area contributed by atoms with Crippen molar-refractivity contribution < 1.29 is 26.1 Å². The largest absolute Gasteiger partial charge is 0.726 e. The van der Waals surface area contributed by atoms with E-state index in [9.17, 15) is 17.4 Å². The first-order valence-corrected chi connectivity index (χ1v) is 8.12. The molecule has 0 aliphatic carbocycles. The predicted octanol–water partition coefficient (Wildman–Crippen LogP) is 2.14. The van der Waals surface area contributed by atoms with Gasteiger partial charge in [-0.05, 0) is 26.0 Å². The lowest BCUT2D eigenvalue weighted by Crippen LogP contribution is -2.33. The molecule has 0 saturated heterocycles. The summed E-state index contributed by atoms with van der Waals surface area (Å²) in [6, 6.07) is 4.95. The van der Waals surface area contributed by atoms with Crippen LogP contribution in [-0.4, -0.2) is 19.6 Å². The standard InChI is InChI=1S/C10H11FNS.C2H6O4S/c1-3-12-7(2)13-10-5-4-8(11)6-9(10)12;1-2-6-7(3,4)5/h4-6H,3H2,1-2H3;2H2,1H3,(H,3,4,5)/q+1;/p-1. The number of thiazole rings is 1. The lowest BCUT2D eigenvalue weighted by atomic mass is 10.3. The molecule has 1 aromatic heterocycles. The quantitative estimate of drug-likeness (QED) is 0.493. The van der Waals surface area contributed by atoms with Gasteiger partial charge < -0.3 is 4.55 Å². The third-order valence-corrected chi connectivity index (χ3v) is 4.03. The molecule has 0 unspecified atom stereocenters. The first-order chi connectivity index (χ1) is 9.28. The molecule has 0 fully saturated rings. The molecule has 112 valence electrons. The Morgan fingerprint density at radius 2 is 2.05 bits per heavy atom. The predicted molar refractivity (Wildman–Crippen MR) is 73.7 cm³/mol. The molecular formula is C12H16FNO4S2. The highest BCUT2D eigenvalue weighted by Gasteiger charge is 2.15. The van der Waals surface area contributed by atoms with Gasteiger partial charge in [-0.1, -0.05) is 11.3 Å². The van der Waals surface area contributed by atoms with E-state index in [1.807, 2.05) is 6.07 Å². The maximum Gasteiger partial charge on any atom is 0.235 e. The van der Waals surface area contributed by atoms with Crippen LogP contribution in [0, 0.1) is 12.7 Å². The highest BCUT2D eigenvalue weighted by Crippen LogP contribution is 2.20. The highest BCUT2D eigenvalue weighted by atomic mass is 32.3. The summed E-state index contributed by atoms with van der Waals surface area (Å²) in [5, 5.41) is 1.23. The fourth-order valence-electron chi connectivity index (χ4n) is 1.71. The molecule has 0 saturated carbocycles. The summed E-state index contributed by atoms with van der Waals surface area (Å²) in [5.41, 5.74) is 1.00. The van der Waals surface area contributed by atoms with Crippen LogP contribution in [0.15, 0.2) is 18.2 Å². The molecule has 0 amide bonds. The van der Waals surface area contributed by atoms with Gasteiger partial charge in [0.2, 0.25) is 20.9 Å². The van der Waals surface area contributed by atoms with Gasteiger partial charge in [0.25, 0.3) is 0 Å². The van der Waals surface area contributed by atoms with E-state index >= 15 is 0 Å². The smallest absolute Gasteiger partial charge is 0.235 e. The van der Waals surface area contributed by atoms with Crippen molar-refractivity contribution in [3.8, 4) is 0 Å². The van der Waals surface area contributed by atoms with E-state index < -0.39 is 10.4 Å². The van der Waals surface area contributed by atoms with Crippen LogP contribution in [0.2, 0.25) is 0 Å². The molecule has 0 radical (unpaired) electrons. The van der Waals surface area contributed by atoms with Gasteiger partial charge in [-0.15, -0.1) is 0 Å². The van der Waals surface area contributed by atoms with E-state index in [4.69, 9.17) is 0 Å². The van der Waals surface area contributed by atoms with Crippen LogP contribution in [0.1, 0.15) is 18.9 Å². The second-order valence-corrected chi connectivity index (χ2v) is 6.08. The zero-order valence-corrected chi connectivity index (χ0v) is 13.1. The Hall–Kier alpha value is -1.09. The third-order valence-electron chi connectivity index (χ3n) is 2.43. The number of hydrogen-bond acceptors (Lipinski definition) is 5. The van der Waals surface area contributed by atoms with E-state index in [0.717, 1.165) is 16.8 Å². The molecule has 2 rings (SSSR count). The van der Waals surface area contributed by atoms with Crippen LogP contribution in [0.25, 0.3) is 10.2 Å². The number of halogens is 1. The number of rotatable bonds is 3. The molecule has 20 heavy (non-hydrogen) atoms. The number of fused-ring (bicyclic) bond motifs is 1. The molecule has 5 nitrogen and oxygen atoms in total. The van der Waals surface area contributed by atoms with Crippen LogP contribution in [0.5, 0.6) is 0 Å². The van der Waals surface area contributed by atoms with Gasteiger partial charge in [-0.3, -0.25) is 4.18 Å². The van der Waals surface area contributed by atoms with Crippen molar-refractivity contribution in [2.75, 3.05) is 6.61 Å². The van der Waals surface area contributed by atoms with E-state index in [1.165, 1.54) is 18.0 Å². The zero-order chi connectivity index (χ0) is 15.3. The fourth-order valence-corrected chi connectivity index (χ4v) is 3.06. The molecule has 8 heteroatoms. The molecule has 0 atom stereocenters. The molecule has 2 aromatic rings. The Bertz CT molecular complexity index is 682. The minimum atomic E-state index is -4.42. The number of benzene rings is 1. The highest BCUT2D eigenvalue weighted by molar-refractivity contribution is 7.80. The Morgan fingerprint density at radius 1 is 1.40 bits per heavy atom. The van der Waals surface area contributed by atoms with Crippen molar-refractivity contribution in [1.29, 1.82) is 0 Å². The summed E-state index contributed by atoms with van der Waals surface area (Å²) in [6.45, 7) is 6.37. The van der Waals surface area contributed by atoms with Gasteiger partial charge in [0, 0.05) is 13.0 Å². The van der Waals surface area contributed by atoms with Crippen molar-refractivity contribution in [3.05, 3.63) is 29.0 Å². The summed E-state index contributed by atoms with van der Waals surface area (Å²) in [4.78, 5) is 0. The van der Waals surface area contributed by atoms with Crippen LogP contribution in [0.4, 0.5) is 4.39 Å². The number of hydrogen-bond donors (Lipinski definition) is 0. The average Bonchev–Trinajstić information content (AvgIpc) is 2.63. The Kier molecular flexibility index (Phi) is 6.00. The van der Waals surface area contributed by atoms with Crippen molar-refractivity contribution in [1.82, 2.24) is 0 Å². The van der Waals surface area contributed by atoms with Gasteiger partial charge in [0.15, 0.2) is 0 Å². The minimum Gasteiger partial charge on any atom is -0.726 e. The topological polar surface area (TPSA) is 70.3 Å². The molecular weight excluding hydrogens is 305 g/mol. The lowest BCUT2D eigenvalue weighted by molar-refractivity contribution is -0.669. The third kappa shape index (κ3) is 4.78. The van der Waals surface area contributed by atoms with Gasteiger partial charge in [0.05, 0.1) is 6.61 Å². The van der Waals surface area contributed by atoms with E-state index in [2.05, 4.69) is 22.6 Å². The van der Waals surface area contributed by atoms with Crippen LogP contribution in [0.3, 0.4) is 0 Å². The van der Waals surface area contributed by atoms with Crippen LogP contribution >= 0.6 is 11.3 Å².